The lowest BCUT2D eigenvalue weighted by atomic mass is 9.96. The van der Waals surface area contributed by atoms with E-state index in [4.69, 9.17) is 21.1 Å². The molecule has 8 nitrogen and oxygen atoms in total. The first-order valence-electron chi connectivity index (χ1n) is 9.54. The molecule has 32 heavy (non-hydrogen) atoms. The molecule has 0 aliphatic carbocycles. The minimum absolute atomic E-state index is 0.0546. The van der Waals surface area contributed by atoms with Gasteiger partial charge in [0.1, 0.15) is 5.82 Å². The molecule has 12 heteroatoms. The number of ether oxygens (including phenoxy) is 2. The summed E-state index contributed by atoms with van der Waals surface area (Å²) in [5.74, 6) is 0.378. The standard InChI is InChI=1S/C20H15ClF3N5O3/c21-18-11(2-1-5-25-18)27-19(30)13-8-17-26-12(7-16(20(22,23)24)29(17)28-13)10-3-4-14-15(6-10)32-9-31-14/h1-6,8,12,16,26H,7,9H2,(H,27,30). The highest BCUT2D eigenvalue weighted by atomic mass is 35.5. The minimum Gasteiger partial charge on any atom is -0.454 e. The number of halogens is 4. The van der Waals surface area contributed by atoms with E-state index in [0.29, 0.717) is 17.1 Å². The van der Waals surface area contributed by atoms with Crippen LogP contribution in [0.1, 0.15) is 34.6 Å². The van der Waals surface area contributed by atoms with Crippen molar-refractivity contribution in [2.75, 3.05) is 17.4 Å². The van der Waals surface area contributed by atoms with Gasteiger partial charge >= 0.3 is 6.18 Å². The van der Waals surface area contributed by atoms with Crippen LogP contribution in [-0.4, -0.2) is 33.6 Å². The van der Waals surface area contributed by atoms with E-state index in [2.05, 4.69) is 20.7 Å². The Labute approximate surface area is 184 Å². The third kappa shape index (κ3) is 3.68. The molecule has 2 N–H and O–H groups in total. The summed E-state index contributed by atoms with van der Waals surface area (Å²) in [5, 5.41) is 9.53. The van der Waals surface area contributed by atoms with Gasteiger partial charge in [0.2, 0.25) is 6.79 Å². The van der Waals surface area contributed by atoms with Crippen molar-refractivity contribution in [3.8, 4) is 11.5 Å². The zero-order valence-corrected chi connectivity index (χ0v) is 16.9. The average molecular weight is 466 g/mol. The summed E-state index contributed by atoms with van der Waals surface area (Å²) in [6.07, 6.45) is -3.44. The number of pyridine rings is 1. The third-order valence-electron chi connectivity index (χ3n) is 5.23. The Bertz CT molecular complexity index is 1200. The number of nitrogens with zero attached hydrogens (tertiary/aromatic N) is 3. The Morgan fingerprint density at radius 1 is 1.22 bits per heavy atom. The summed E-state index contributed by atoms with van der Waals surface area (Å²) in [6, 6.07) is 6.76. The predicted molar refractivity (Wildman–Crippen MR) is 108 cm³/mol. The fourth-order valence-corrected chi connectivity index (χ4v) is 3.87. The number of fused-ring (bicyclic) bond motifs is 2. The molecule has 4 heterocycles. The monoisotopic (exact) mass is 465 g/mol. The van der Waals surface area contributed by atoms with Crippen LogP contribution in [-0.2, 0) is 0 Å². The van der Waals surface area contributed by atoms with Crippen molar-refractivity contribution in [1.29, 1.82) is 0 Å². The van der Waals surface area contributed by atoms with Gasteiger partial charge in [-0.05, 0) is 29.8 Å². The van der Waals surface area contributed by atoms with Crippen LogP contribution in [0, 0.1) is 0 Å². The Kier molecular flexibility index (Phi) is 4.85. The molecule has 1 amide bonds. The van der Waals surface area contributed by atoms with Crippen molar-refractivity contribution in [3.63, 3.8) is 0 Å². The van der Waals surface area contributed by atoms with E-state index in [9.17, 15) is 18.0 Å². The summed E-state index contributed by atoms with van der Waals surface area (Å²) in [6.45, 7) is 0.0637. The highest BCUT2D eigenvalue weighted by molar-refractivity contribution is 6.32. The van der Waals surface area contributed by atoms with Crippen molar-refractivity contribution < 1.29 is 27.4 Å². The number of benzene rings is 1. The van der Waals surface area contributed by atoms with Gasteiger partial charge in [-0.2, -0.15) is 18.3 Å². The van der Waals surface area contributed by atoms with Gasteiger partial charge in [-0.3, -0.25) is 4.79 Å². The number of aromatic nitrogens is 3. The van der Waals surface area contributed by atoms with Gasteiger partial charge in [0.15, 0.2) is 28.4 Å². The summed E-state index contributed by atoms with van der Waals surface area (Å²) in [7, 11) is 0. The van der Waals surface area contributed by atoms with Crippen LogP contribution in [0.25, 0.3) is 0 Å². The zero-order chi connectivity index (χ0) is 22.5. The molecule has 3 aromatic rings. The third-order valence-corrected chi connectivity index (χ3v) is 5.53. The summed E-state index contributed by atoms with van der Waals surface area (Å²) >= 11 is 5.94. The van der Waals surface area contributed by atoms with Crippen LogP contribution in [0.2, 0.25) is 5.15 Å². The van der Waals surface area contributed by atoms with Crippen molar-refractivity contribution in [3.05, 3.63) is 59.0 Å². The van der Waals surface area contributed by atoms with Crippen LogP contribution in [0.3, 0.4) is 0 Å². The maximum atomic E-state index is 13.9. The van der Waals surface area contributed by atoms with Gasteiger partial charge < -0.3 is 20.1 Å². The smallest absolute Gasteiger partial charge is 0.410 e. The average Bonchev–Trinajstić information content (AvgIpc) is 3.40. The highest BCUT2D eigenvalue weighted by Crippen LogP contribution is 2.45. The quantitative estimate of drug-likeness (QED) is 0.551. The Morgan fingerprint density at radius 2 is 2.03 bits per heavy atom. The van der Waals surface area contributed by atoms with Crippen LogP contribution < -0.4 is 20.1 Å². The van der Waals surface area contributed by atoms with E-state index in [1.807, 2.05) is 0 Å². The molecule has 2 atom stereocenters. The molecule has 166 valence electrons. The zero-order valence-electron chi connectivity index (χ0n) is 16.2. The largest absolute Gasteiger partial charge is 0.454 e. The molecule has 0 saturated carbocycles. The minimum atomic E-state index is -4.57. The molecule has 5 rings (SSSR count). The molecule has 2 unspecified atom stereocenters. The first-order valence-corrected chi connectivity index (χ1v) is 9.91. The molecule has 1 aromatic carbocycles. The fourth-order valence-electron chi connectivity index (χ4n) is 3.70. The lowest BCUT2D eigenvalue weighted by Gasteiger charge is -2.33. The molecule has 0 fully saturated rings. The molecular weight excluding hydrogens is 451 g/mol. The Hall–Kier alpha value is -3.47. The fraction of sp³-hybridized carbons (Fsp3) is 0.250. The van der Waals surface area contributed by atoms with Crippen molar-refractivity contribution >= 4 is 29.0 Å². The van der Waals surface area contributed by atoms with Gasteiger partial charge in [-0.1, -0.05) is 17.7 Å². The van der Waals surface area contributed by atoms with Crippen LogP contribution in [0.5, 0.6) is 11.5 Å². The maximum Gasteiger partial charge on any atom is 0.410 e. The summed E-state index contributed by atoms with van der Waals surface area (Å²) in [5.41, 5.74) is 0.640. The number of amides is 1. The second-order valence-electron chi connectivity index (χ2n) is 7.26. The van der Waals surface area contributed by atoms with Gasteiger partial charge in [-0.15, -0.1) is 0 Å². The molecule has 2 aliphatic heterocycles. The molecule has 0 spiro atoms. The molecule has 0 bridgehead atoms. The number of carbonyl (C=O) groups is 1. The first kappa shape index (κ1) is 20.4. The number of carbonyl (C=O) groups excluding carboxylic acids is 1. The maximum absolute atomic E-state index is 13.9. The van der Waals surface area contributed by atoms with Crippen molar-refractivity contribution in [1.82, 2.24) is 14.8 Å². The van der Waals surface area contributed by atoms with E-state index < -0.39 is 24.2 Å². The van der Waals surface area contributed by atoms with Crippen molar-refractivity contribution in [2.45, 2.75) is 24.7 Å². The second-order valence-corrected chi connectivity index (χ2v) is 7.62. The molecule has 2 aromatic heterocycles. The Morgan fingerprint density at radius 3 is 2.81 bits per heavy atom. The topological polar surface area (TPSA) is 90.3 Å². The second kappa shape index (κ2) is 7.59. The predicted octanol–water partition coefficient (Wildman–Crippen LogP) is 4.57. The van der Waals surface area contributed by atoms with E-state index in [1.165, 1.54) is 18.3 Å². The van der Waals surface area contributed by atoms with Gasteiger partial charge in [0.05, 0.1) is 11.7 Å². The van der Waals surface area contributed by atoms with E-state index in [1.54, 1.807) is 24.3 Å². The number of nitrogens with one attached hydrogen (secondary N) is 2. The van der Waals surface area contributed by atoms with Crippen LogP contribution >= 0.6 is 11.6 Å². The lowest BCUT2D eigenvalue weighted by Crippen LogP contribution is -2.35. The van der Waals surface area contributed by atoms with Crippen LogP contribution in [0.15, 0.2) is 42.6 Å². The van der Waals surface area contributed by atoms with Gasteiger partial charge in [0, 0.05) is 18.7 Å². The SMILES string of the molecule is O=C(Nc1cccnc1Cl)c1cc2n(n1)C(C(F)(F)F)CC(c1ccc3c(c1)OCO3)N2. The van der Waals surface area contributed by atoms with E-state index in [-0.39, 0.29) is 35.6 Å². The normalized spacial score (nSPS) is 19.2. The van der Waals surface area contributed by atoms with Crippen molar-refractivity contribution in [2.24, 2.45) is 0 Å². The molecular formula is C20H15ClF3N5O3. The summed E-state index contributed by atoms with van der Waals surface area (Å²) < 4.78 is 53.0. The highest BCUT2D eigenvalue weighted by Gasteiger charge is 2.47. The molecule has 2 aliphatic rings. The first-order chi connectivity index (χ1) is 15.3. The van der Waals surface area contributed by atoms with Crippen LogP contribution in [0.4, 0.5) is 24.7 Å². The lowest BCUT2D eigenvalue weighted by molar-refractivity contribution is -0.173. The van der Waals surface area contributed by atoms with E-state index >= 15 is 0 Å². The molecule has 0 radical (unpaired) electrons. The number of rotatable bonds is 3. The number of alkyl halides is 3. The summed E-state index contributed by atoms with van der Waals surface area (Å²) in [4.78, 5) is 16.5. The Balaban J connectivity index is 1.46. The van der Waals surface area contributed by atoms with Gasteiger partial charge in [-0.25, -0.2) is 9.67 Å². The molecule has 0 saturated heterocycles. The number of hydrogen-bond donors (Lipinski definition) is 2. The van der Waals surface area contributed by atoms with E-state index in [0.717, 1.165) is 4.68 Å². The van der Waals surface area contributed by atoms with Gasteiger partial charge in [0.25, 0.3) is 5.91 Å². The number of hydrogen-bond acceptors (Lipinski definition) is 6. The number of anilines is 2.